The van der Waals surface area contributed by atoms with Gasteiger partial charge in [-0.1, -0.05) is 11.6 Å². The molecule has 1 aliphatic rings. The van der Waals surface area contributed by atoms with Gasteiger partial charge in [-0.3, -0.25) is 0 Å². The van der Waals surface area contributed by atoms with E-state index in [1.165, 1.54) is 0 Å². The normalized spacial score (nSPS) is 15.6. The molecule has 7 heteroatoms. The third-order valence-corrected chi connectivity index (χ3v) is 4.24. The highest BCUT2D eigenvalue weighted by molar-refractivity contribution is 6.70. The first-order valence-electron chi connectivity index (χ1n) is 8.02. The van der Waals surface area contributed by atoms with Crippen molar-refractivity contribution in [2.75, 3.05) is 13.2 Å². The van der Waals surface area contributed by atoms with Crippen LogP contribution >= 0.6 is 11.6 Å². The number of aromatic amines is 1. The number of hydrogen-bond donors (Lipinski definition) is 1. The van der Waals surface area contributed by atoms with Gasteiger partial charge in [0.05, 0.1) is 30.0 Å². The number of rotatable bonds is 5. The topological polar surface area (TPSA) is 80.8 Å². The second kappa shape index (κ2) is 7.70. The number of hydrogen-bond acceptors (Lipinski definition) is 5. The van der Waals surface area contributed by atoms with Crippen molar-refractivity contribution in [2.45, 2.75) is 34.6 Å². The third-order valence-electron chi connectivity index (χ3n) is 3.88. The molecule has 0 spiro atoms. The molecule has 0 radical (unpaired) electrons. The Bertz CT molecular complexity index is 815. The standard InChI is InChI=1S/C18H21ClN2O4/c1-6-24-17(22)14-9(3)12(20-11(14)5)8-13-15(18(23)25-7-2)10(4)16(19)21-13/h8,20H,6-7H2,1-5H3. The zero-order valence-electron chi connectivity index (χ0n) is 14.9. The number of allylic oxidation sites excluding steroid dienone is 1. The summed E-state index contributed by atoms with van der Waals surface area (Å²) in [6.45, 7) is 9.37. The number of aromatic nitrogens is 1. The van der Waals surface area contributed by atoms with Gasteiger partial charge in [-0.15, -0.1) is 0 Å². The molecule has 0 aliphatic carbocycles. The molecule has 0 amide bonds. The van der Waals surface area contributed by atoms with E-state index in [1.54, 1.807) is 33.8 Å². The minimum Gasteiger partial charge on any atom is -0.462 e. The van der Waals surface area contributed by atoms with Gasteiger partial charge < -0.3 is 14.5 Å². The number of aliphatic imine (C=N–C) groups is 1. The van der Waals surface area contributed by atoms with Crippen LogP contribution in [0.1, 0.15) is 48.1 Å². The van der Waals surface area contributed by atoms with Crippen LogP contribution in [-0.4, -0.2) is 35.3 Å². The molecule has 0 atom stereocenters. The average molecular weight is 365 g/mol. The number of aryl methyl sites for hydroxylation is 1. The van der Waals surface area contributed by atoms with Gasteiger partial charge in [0, 0.05) is 17.0 Å². The highest BCUT2D eigenvalue weighted by Crippen LogP contribution is 2.31. The molecule has 1 aliphatic heterocycles. The van der Waals surface area contributed by atoms with E-state index >= 15 is 0 Å². The Hall–Kier alpha value is -2.34. The average Bonchev–Trinajstić information content (AvgIpc) is 2.96. The van der Waals surface area contributed by atoms with E-state index in [0.717, 1.165) is 5.56 Å². The Kier molecular flexibility index (Phi) is 5.85. The van der Waals surface area contributed by atoms with Gasteiger partial charge in [-0.05, 0) is 46.3 Å². The van der Waals surface area contributed by atoms with E-state index in [9.17, 15) is 9.59 Å². The minimum atomic E-state index is -0.475. The van der Waals surface area contributed by atoms with Crippen molar-refractivity contribution >= 4 is 34.8 Å². The van der Waals surface area contributed by atoms with Crippen molar-refractivity contribution in [1.29, 1.82) is 0 Å². The van der Waals surface area contributed by atoms with Crippen molar-refractivity contribution < 1.29 is 19.1 Å². The van der Waals surface area contributed by atoms with Crippen molar-refractivity contribution in [3.63, 3.8) is 0 Å². The molecular weight excluding hydrogens is 344 g/mol. The van der Waals surface area contributed by atoms with E-state index in [0.29, 0.717) is 40.4 Å². The quantitative estimate of drug-likeness (QED) is 0.808. The number of esters is 2. The molecule has 0 bridgehead atoms. The van der Waals surface area contributed by atoms with Gasteiger partial charge in [0.15, 0.2) is 0 Å². The van der Waals surface area contributed by atoms with Crippen LogP contribution in [0.4, 0.5) is 0 Å². The molecule has 2 rings (SSSR count). The summed E-state index contributed by atoms with van der Waals surface area (Å²) < 4.78 is 10.2. The van der Waals surface area contributed by atoms with Gasteiger partial charge in [-0.25, -0.2) is 14.6 Å². The summed E-state index contributed by atoms with van der Waals surface area (Å²) in [5.74, 6) is -0.860. The summed E-state index contributed by atoms with van der Waals surface area (Å²) in [6.07, 6.45) is 1.69. The zero-order valence-corrected chi connectivity index (χ0v) is 15.7. The third kappa shape index (κ3) is 3.69. The lowest BCUT2D eigenvalue weighted by molar-refractivity contribution is -0.138. The number of H-pyrrole nitrogens is 1. The summed E-state index contributed by atoms with van der Waals surface area (Å²) in [7, 11) is 0. The van der Waals surface area contributed by atoms with Crippen LogP contribution in [0.2, 0.25) is 0 Å². The molecule has 0 unspecified atom stereocenters. The number of nitrogens with one attached hydrogen (secondary N) is 1. The molecule has 0 aromatic carbocycles. The number of carbonyl (C=O) groups excluding carboxylic acids is 2. The maximum Gasteiger partial charge on any atom is 0.340 e. The number of ether oxygens (including phenoxy) is 2. The van der Waals surface area contributed by atoms with Gasteiger partial charge in [-0.2, -0.15) is 0 Å². The summed E-state index contributed by atoms with van der Waals surface area (Å²) in [5.41, 5.74) is 3.87. The van der Waals surface area contributed by atoms with Crippen LogP contribution in [0.25, 0.3) is 6.08 Å². The van der Waals surface area contributed by atoms with Gasteiger partial charge >= 0.3 is 11.9 Å². The summed E-state index contributed by atoms with van der Waals surface area (Å²) in [5, 5.41) is 0.251. The van der Waals surface area contributed by atoms with Crippen LogP contribution in [0, 0.1) is 13.8 Å². The highest BCUT2D eigenvalue weighted by atomic mass is 35.5. The number of nitrogens with zero attached hydrogens (tertiary/aromatic N) is 1. The van der Waals surface area contributed by atoms with Crippen molar-refractivity contribution in [1.82, 2.24) is 4.98 Å². The van der Waals surface area contributed by atoms with Crippen LogP contribution in [-0.2, 0) is 14.3 Å². The Morgan fingerprint density at radius 3 is 2.32 bits per heavy atom. The maximum absolute atomic E-state index is 12.2. The van der Waals surface area contributed by atoms with Crippen molar-refractivity contribution in [2.24, 2.45) is 4.99 Å². The molecular formula is C18H21ClN2O4. The Balaban J connectivity index is 2.48. The Labute approximate surface area is 151 Å². The van der Waals surface area contributed by atoms with E-state index in [2.05, 4.69) is 9.98 Å². The summed E-state index contributed by atoms with van der Waals surface area (Å²) in [4.78, 5) is 31.7. The van der Waals surface area contributed by atoms with Crippen LogP contribution in [0.15, 0.2) is 21.8 Å². The predicted octanol–water partition coefficient (Wildman–Crippen LogP) is 3.68. The fraction of sp³-hybridized carbons (Fsp3) is 0.389. The molecule has 1 aromatic heterocycles. The predicted molar refractivity (Wildman–Crippen MR) is 96.8 cm³/mol. The van der Waals surface area contributed by atoms with E-state index in [-0.39, 0.29) is 17.7 Å². The van der Waals surface area contributed by atoms with Gasteiger partial charge in [0.25, 0.3) is 0 Å². The van der Waals surface area contributed by atoms with Crippen molar-refractivity contribution in [3.8, 4) is 0 Å². The maximum atomic E-state index is 12.2. The molecule has 1 N–H and O–H groups in total. The van der Waals surface area contributed by atoms with Crippen LogP contribution in [0.3, 0.4) is 0 Å². The second-order valence-electron chi connectivity index (χ2n) is 5.54. The van der Waals surface area contributed by atoms with Crippen LogP contribution < -0.4 is 0 Å². The van der Waals surface area contributed by atoms with Crippen molar-refractivity contribution in [3.05, 3.63) is 39.4 Å². The SMILES string of the molecule is CCOC(=O)C1=C(C)C(Cl)=NC1=Cc1[nH]c(C)c(C(=O)OCC)c1C. The summed E-state index contributed by atoms with van der Waals surface area (Å²) >= 11 is 6.09. The molecule has 0 fully saturated rings. The monoisotopic (exact) mass is 364 g/mol. The largest absolute Gasteiger partial charge is 0.462 e. The van der Waals surface area contributed by atoms with Gasteiger partial charge in [0.2, 0.25) is 0 Å². The smallest absolute Gasteiger partial charge is 0.340 e. The first-order chi connectivity index (χ1) is 11.8. The number of halogens is 1. The zero-order chi connectivity index (χ0) is 18.7. The lowest BCUT2D eigenvalue weighted by Gasteiger charge is -2.05. The second-order valence-corrected chi connectivity index (χ2v) is 5.89. The van der Waals surface area contributed by atoms with E-state index < -0.39 is 5.97 Å². The molecule has 6 nitrogen and oxygen atoms in total. The molecule has 0 saturated carbocycles. The minimum absolute atomic E-state index is 0.251. The van der Waals surface area contributed by atoms with E-state index in [1.807, 2.05) is 6.92 Å². The lowest BCUT2D eigenvalue weighted by Crippen LogP contribution is -2.09. The molecule has 134 valence electrons. The summed E-state index contributed by atoms with van der Waals surface area (Å²) in [6, 6.07) is 0. The fourth-order valence-corrected chi connectivity index (χ4v) is 2.86. The van der Waals surface area contributed by atoms with Gasteiger partial charge in [0.1, 0.15) is 5.17 Å². The molecule has 0 saturated heterocycles. The highest BCUT2D eigenvalue weighted by Gasteiger charge is 2.27. The fourth-order valence-electron chi connectivity index (χ4n) is 2.67. The van der Waals surface area contributed by atoms with E-state index in [4.69, 9.17) is 21.1 Å². The first-order valence-corrected chi connectivity index (χ1v) is 8.40. The Morgan fingerprint density at radius 2 is 1.72 bits per heavy atom. The molecule has 1 aromatic rings. The Morgan fingerprint density at radius 1 is 1.12 bits per heavy atom. The first kappa shape index (κ1) is 19.0. The number of carbonyl (C=O) groups is 2. The molecule has 2 heterocycles. The van der Waals surface area contributed by atoms with Crippen LogP contribution in [0.5, 0.6) is 0 Å². The lowest BCUT2D eigenvalue weighted by atomic mass is 10.1. The molecule has 25 heavy (non-hydrogen) atoms.